The van der Waals surface area contributed by atoms with E-state index in [4.69, 9.17) is 0 Å². The van der Waals surface area contributed by atoms with Crippen LogP contribution in [-0.2, 0) is 6.54 Å². The molecule has 0 atom stereocenters. The minimum atomic E-state index is -0.355. The molecule has 26 heavy (non-hydrogen) atoms. The van der Waals surface area contributed by atoms with Gasteiger partial charge in [0.15, 0.2) is 0 Å². The Kier molecular flexibility index (Phi) is 4.07. The Labute approximate surface area is 149 Å². The predicted octanol–water partition coefficient (Wildman–Crippen LogP) is 3.44. The average molecular weight is 344 g/mol. The number of phenolic OH excluding ortho intramolecular Hbond substituents is 1. The van der Waals surface area contributed by atoms with Gasteiger partial charge in [0.2, 0.25) is 0 Å². The van der Waals surface area contributed by atoms with E-state index in [9.17, 15) is 9.90 Å². The zero-order valence-corrected chi connectivity index (χ0v) is 13.8. The normalized spacial score (nSPS) is 10.8. The van der Waals surface area contributed by atoms with Crippen LogP contribution in [0.2, 0.25) is 0 Å². The quantitative estimate of drug-likeness (QED) is 0.594. The summed E-state index contributed by atoms with van der Waals surface area (Å²) in [5.41, 5.74) is 1.88. The first-order valence-corrected chi connectivity index (χ1v) is 8.13. The first kappa shape index (κ1) is 15.8. The molecule has 0 saturated heterocycles. The van der Waals surface area contributed by atoms with Crippen LogP contribution < -0.4 is 5.32 Å². The topological polar surface area (TPSA) is 80.0 Å². The van der Waals surface area contributed by atoms with Crippen molar-refractivity contribution in [2.75, 3.05) is 5.32 Å². The van der Waals surface area contributed by atoms with E-state index in [1.807, 2.05) is 42.5 Å². The summed E-state index contributed by atoms with van der Waals surface area (Å²) in [7, 11) is 0. The number of nitrogens with zero attached hydrogens (tertiary/aromatic N) is 3. The van der Waals surface area contributed by atoms with Gasteiger partial charge in [-0.05, 0) is 40.6 Å². The van der Waals surface area contributed by atoms with E-state index in [0.717, 1.165) is 16.3 Å². The minimum Gasteiger partial charge on any atom is -0.507 e. The zero-order chi connectivity index (χ0) is 17.9. The third-order valence-electron chi connectivity index (χ3n) is 4.10. The van der Waals surface area contributed by atoms with Gasteiger partial charge in [0, 0.05) is 5.69 Å². The van der Waals surface area contributed by atoms with Crippen molar-refractivity contribution in [2.45, 2.75) is 6.54 Å². The lowest BCUT2D eigenvalue weighted by Crippen LogP contribution is -2.12. The molecular weight excluding hydrogens is 328 g/mol. The number of rotatable bonds is 4. The van der Waals surface area contributed by atoms with Crippen LogP contribution in [0.1, 0.15) is 15.9 Å². The summed E-state index contributed by atoms with van der Waals surface area (Å²) < 4.78 is 1.70. The molecule has 0 spiro atoms. The van der Waals surface area contributed by atoms with Gasteiger partial charge in [-0.15, -0.1) is 0 Å². The lowest BCUT2D eigenvalue weighted by molar-refractivity contribution is 0.102. The van der Waals surface area contributed by atoms with Crippen molar-refractivity contribution in [2.24, 2.45) is 0 Å². The van der Waals surface area contributed by atoms with Crippen molar-refractivity contribution < 1.29 is 9.90 Å². The van der Waals surface area contributed by atoms with E-state index in [0.29, 0.717) is 12.2 Å². The van der Waals surface area contributed by atoms with Gasteiger partial charge in [-0.3, -0.25) is 4.79 Å². The molecule has 0 radical (unpaired) electrons. The predicted molar refractivity (Wildman–Crippen MR) is 99.1 cm³/mol. The largest absolute Gasteiger partial charge is 0.507 e. The van der Waals surface area contributed by atoms with Gasteiger partial charge in [0.1, 0.15) is 18.4 Å². The van der Waals surface area contributed by atoms with Crippen LogP contribution >= 0.6 is 0 Å². The van der Waals surface area contributed by atoms with Crippen molar-refractivity contribution in [3.63, 3.8) is 0 Å². The van der Waals surface area contributed by atoms with Crippen LogP contribution in [0.25, 0.3) is 10.8 Å². The highest BCUT2D eigenvalue weighted by Gasteiger charge is 2.13. The zero-order valence-electron chi connectivity index (χ0n) is 13.8. The monoisotopic (exact) mass is 344 g/mol. The smallest absolute Gasteiger partial charge is 0.259 e. The SMILES string of the molecule is O=C(Nc1cccc(Cn2cncn2)c1)c1cc2ccccc2cc1O. The molecule has 0 bridgehead atoms. The molecule has 6 heteroatoms. The summed E-state index contributed by atoms with van der Waals surface area (Å²) in [6, 6.07) is 18.4. The summed E-state index contributed by atoms with van der Waals surface area (Å²) in [5.74, 6) is -0.397. The summed E-state index contributed by atoms with van der Waals surface area (Å²) in [6.45, 7) is 0.560. The van der Waals surface area contributed by atoms with E-state index in [-0.39, 0.29) is 17.2 Å². The first-order chi connectivity index (χ1) is 12.7. The molecule has 3 aromatic carbocycles. The van der Waals surface area contributed by atoms with E-state index in [1.165, 1.54) is 6.33 Å². The Morgan fingerprint density at radius 2 is 1.85 bits per heavy atom. The molecule has 0 aliphatic carbocycles. The molecule has 0 saturated carbocycles. The highest BCUT2D eigenvalue weighted by molar-refractivity contribution is 6.08. The van der Waals surface area contributed by atoms with Crippen molar-refractivity contribution in [1.29, 1.82) is 0 Å². The Morgan fingerprint density at radius 3 is 2.62 bits per heavy atom. The van der Waals surface area contributed by atoms with Crippen LogP contribution in [0.4, 0.5) is 5.69 Å². The number of nitrogens with one attached hydrogen (secondary N) is 1. The van der Waals surface area contributed by atoms with Gasteiger partial charge in [-0.2, -0.15) is 5.10 Å². The number of carbonyl (C=O) groups excluding carboxylic acids is 1. The van der Waals surface area contributed by atoms with Crippen molar-refractivity contribution in [3.8, 4) is 5.75 Å². The lowest BCUT2D eigenvalue weighted by atomic mass is 10.1. The Hall–Kier alpha value is -3.67. The van der Waals surface area contributed by atoms with Crippen molar-refractivity contribution in [1.82, 2.24) is 14.8 Å². The summed E-state index contributed by atoms with van der Waals surface area (Å²) >= 11 is 0. The molecular formula is C20H16N4O2. The number of hydrogen-bond donors (Lipinski definition) is 2. The molecule has 0 aliphatic rings. The van der Waals surface area contributed by atoms with Gasteiger partial charge in [0.25, 0.3) is 5.91 Å². The third kappa shape index (κ3) is 3.25. The number of aromatic nitrogens is 3. The molecule has 0 fully saturated rings. The molecule has 0 aliphatic heterocycles. The molecule has 128 valence electrons. The lowest BCUT2D eigenvalue weighted by Gasteiger charge is -2.10. The van der Waals surface area contributed by atoms with Crippen LogP contribution in [-0.4, -0.2) is 25.8 Å². The van der Waals surface area contributed by atoms with E-state index >= 15 is 0 Å². The van der Waals surface area contributed by atoms with Gasteiger partial charge < -0.3 is 10.4 Å². The number of fused-ring (bicyclic) bond motifs is 1. The number of anilines is 1. The number of amides is 1. The second-order valence-electron chi connectivity index (χ2n) is 5.96. The molecule has 0 unspecified atom stereocenters. The summed E-state index contributed by atoms with van der Waals surface area (Å²) in [6.07, 6.45) is 3.12. The third-order valence-corrected chi connectivity index (χ3v) is 4.10. The van der Waals surface area contributed by atoms with Crippen LogP contribution in [0.15, 0.2) is 73.3 Å². The summed E-state index contributed by atoms with van der Waals surface area (Å²) in [5, 5.41) is 18.9. The van der Waals surface area contributed by atoms with E-state index in [1.54, 1.807) is 29.2 Å². The second kappa shape index (κ2) is 6.68. The molecule has 4 rings (SSSR count). The number of hydrogen-bond acceptors (Lipinski definition) is 4. The molecule has 4 aromatic rings. The Balaban J connectivity index is 1.57. The van der Waals surface area contributed by atoms with Crippen LogP contribution in [0, 0.1) is 0 Å². The van der Waals surface area contributed by atoms with Gasteiger partial charge in [-0.25, -0.2) is 9.67 Å². The number of carbonyl (C=O) groups is 1. The molecule has 1 aromatic heterocycles. The van der Waals surface area contributed by atoms with Gasteiger partial charge >= 0.3 is 0 Å². The maximum atomic E-state index is 12.6. The second-order valence-corrected chi connectivity index (χ2v) is 5.96. The van der Waals surface area contributed by atoms with Crippen molar-refractivity contribution in [3.05, 3.63) is 84.4 Å². The molecule has 6 nitrogen and oxygen atoms in total. The van der Waals surface area contributed by atoms with Gasteiger partial charge in [-0.1, -0.05) is 36.4 Å². The van der Waals surface area contributed by atoms with Crippen molar-refractivity contribution >= 4 is 22.4 Å². The highest BCUT2D eigenvalue weighted by atomic mass is 16.3. The minimum absolute atomic E-state index is 0.0417. The molecule has 1 amide bonds. The first-order valence-electron chi connectivity index (χ1n) is 8.13. The standard InChI is InChI=1S/C20H16N4O2/c25-19-10-16-6-2-1-5-15(16)9-18(19)20(26)23-17-7-3-4-14(8-17)11-24-13-21-12-22-24/h1-10,12-13,25H,11H2,(H,23,26). The number of phenols is 1. The summed E-state index contributed by atoms with van der Waals surface area (Å²) in [4.78, 5) is 16.5. The fourth-order valence-corrected chi connectivity index (χ4v) is 2.86. The average Bonchev–Trinajstić information content (AvgIpc) is 3.14. The molecule has 1 heterocycles. The fraction of sp³-hybridized carbons (Fsp3) is 0.0500. The Morgan fingerprint density at radius 1 is 1.04 bits per heavy atom. The maximum Gasteiger partial charge on any atom is 0.259 e. The number of benzene rings is 3. The Bertz CT molecular complexity index is 1070. The highest BCUT2D eigenvalue weighted by Crippen LogP contribution is 2.26. The van der Waals surface area contributed by atoms with E-state index in [2.05, 4.69) is 15.4 Å². The van der Waals surface area contributed by atoms with Gasteiger partial charge in [0.05, 0.1) is 12.1 Å². The van der Waals surface area contributed by atoms with E-state index < -0.39 is 0 Å². The van der Waals surface area contributed by atoms with Crippen LogP contribution in [0.3, 0.4) is 0 Å². The molecule has 2 N–H and O–H groups in total. The maximum absolute atomic E-state index is 12.6. The van der Waals surface area contributed by atoms with Crippen LogP contribution in [0.5, 0.6) is 5.75 Å². The number of aromatic hydroxyl groups is 1. The fourth-order valence-electron chi connectivity index (χ4n) is 2.86.